The van der Waals surface area contributed by atoms with Crippen LogP contribution in [0.2, 0.25) is 0 Å². The Bertz CT molecular complexity index is 429. The van der Waals surface area contributed by atoms with Crippen LogP contribution in [-0.2, 0) is 0 Å². The summed E-state index contributed by atoms with van der Waals surface area (Å²) >= 11 is 0. The number of nitrogens with one attached hydrogen (secondary N) is 1. The molecule has 0 radical (unpaired) electrons. The van der Waals surface area contributed by atoms with Gasteiger partial charge in [-0.25, -0.2) is 0 Å². The number of rotatable bonds is 9. The monoisotopic (exact) mass is 420 g/mol. The molecule has 0 saturated carbocycles. The molecule has 1 rings (SSSR count). The van der Waals surface area contributed by atoms with Crippen molar-refractivity contribution in [3.63, 3.8) is 0 Å². The number of likely N-dealkylation sites (N-methyl/N-ethyl adjacent to an activating group) is 1. The summed E-state index contributed by atoms with van der Waals surface area (Å²) in [4.78, 5) is 12.1. The van der Waals surface area contributed by atoms with Crippen molar-refractivity contribution in [1.82, 2.24) is 5.32 Å². The Morgan fingerprint density at radius 1 is 1.09 bits per heavy atom. The van der Waals surface area contributed by atoms with Crippen LogP contribution in [0.4, 0.5) is 0 Å². The van der Waals surface area contributed by atoms with Gasteiger partial charge in [-0.2, -0.15) is 0 Å². The zero-order valence-electron chi connectivity index (χ0n) is 14.2. The van der Waals surface area contributed by atoms with Gasteiger partial charge in [-0.05, 0) is 37.1 Å². The molecule has 0 heterocycles. The van der Waals surface area contributed by atoms with Crippen molar-refractivity contribution in [2.24, 2.45) is 0 Å². The summed E-state index contributed by atoms with van der Waals surface area (Å²) in [6, 6.07) is 7.20. The van der Waals surface area contributed by atoms with Gasteiger partial charge in [0.15, 0.2) is 0 Å². The molecule has 0 aliphatic rings. The third-order valence-corrected chi connectivity index (χ3v) is 3.82. The lowest BCUT2D eigenvalue weighted by molar-refractivity contribution is -0.908. The maximum Gasteiger partial charge on any atom is 0.251 e. The van der Waals surface area contributed by atoms with Crippen molar-refractivity contribution < 1.29 is 38.0 Å². The molecule has 0 fully saturated rings. The van der Waals surface area contributed by atoms with E-state index < -0.39 is 0 Å². The van der Waals surface area contributed by atoms with Crippen LogP contribution >= 0.6 is 0 Å². The van der Waals surface area contributed by atoms with E-state index in [1.807, 2.05) is 12.1 Å². The minimum Gasteiger partial charge on any atom is -1.00 e. The standard InChI is InChI=1S/C17H28N2O2.HI/c1-5-12-19(3,13-6-2)14-11-18-17(20)15-7-9-16(21-4)10-8-15;/h7-10H,5-6,11-14H2,1-4H3;1H. The van der Waals surface area contributed by atoms with Crippen LogP contribution in [0.25, 0.3) is 0 Å². The maximum absolute atomic E-state index is 12.1. The zero-order chi connectivity index (χ0) is 15.7. The highest BCUT2D eigenvalue weighted by Crippen LogP contribution is 2.11. The normalized spacial score (nSPS) is 10.7. The van der Waals surface area contributed by atoms with Gasteiger partial charge in [0.2, 0.25) is 0 Å². The number of methoxy groups -OCH3 is 1. The van der Waals surface area contributed by atoms with Gasteiger partial charge in [0.25, 0.3) is 5.91 Å². The Morgan fingerprint density at radius 3 is 2.09 bits per heavy atom. The van der Waals surface area contributed by atoms with Crippen LogP contribution in [0.5, 0.6) is 5.75 Å². The van der Waals surface area contributed by atoms with Gasteiger partial charge in [-0.15, -0.1) is 0 Å². The van der Waals surface area contributed by atoms with Gasteiger partial charge in [0, 0.05) is 5.56 Å². The van der Waals surface area contributed by atoms with Crippen LogP contribution in [0.15, 0.2) is 24.3 Å². The van der Waals surface area contributed by atoms with E-state index in [-0.39, 0.29) is 29.9 Å². The quantitative estimate of drug-likeness (QED) is 0.440. The number of halogens is 1. The molecule has 1 aromatic rings. The molecule has 22 heavy (non-hydrogen) atoms. The number of nitrogens with zero attached hydrogens (tertiary/aromatic N) is 1. The fourth-order valence-electron chi connectivity index (χ4n) is 2.70. The smallest absolute Gasteiger partial charge is 0.251 e. The summed E-state index contributed by atoms with van der Waals surface area (Å²) in [6.07, 6.45) is 2.34. The Morgan fingerprint density at radius 2 is 1.64 bits per heavy atom. The van der Waals surface area contributed by atoms with Gasteiger partial charge < -0.3 is 38.5 Å². The van der Waals surface area contributed by atoms with Gasteiger partial charge in [-0.1, -0.05) is 13.8 Å². The van der Waals surface area contributed by atoms with Gasteiger partial charge in [0.1, 0.15) is 5.75 Å². The third kappa shape index (κ3) is 6.96. The fraction of sp³-hybridized carbons (Fsp3) is 0.588. The van der Waals surface area contributed by atoms with Crippen molar-refractivity contribution in [3.05, 3.63) is 29.8 Å². The van der Waals surface area contributed by atoms with E-state index in [0.29, 0.717) is 12.1 Å². The summed E-state index contributed by atoms with van der Waals surface area (Å²) in [6.45, 7) is 8.42. The number of carbonyl (C=O) groups excluding carboxylic acids is 1. The molecule has 0 saturated heterocycles. The molecule has 1 N–H and O–H groups in total. The predicted octanol–water partition coefficient (Wildman–Crippen LogP) is -0.304. The van der Waals surface area contributed by atoms with E-state index in [2.05, 4.69) is 26.2 Å². The molecule has 126 valence electrons. The zero-order valence-corrected chi connectivity index (χ0v) is 16.4. The Hall–Kier alpha value is -0.820. The molecule has 5 heteroatoms. The van der Waals surface area contributed by atoms with Gasteiger partial charge in [-0.3, -0.25) is 4.79 Å². The number of hydrogen-bond acceptors (Lipinski definition) is 2. The Kier molecular flexibility index (Phi) is 10.4. The maximum atomic E-state index is 12.1. The molecule has 0 aliphatic heterocycles. The summed E-state index contributed by atoms with van der Waals surface area (Å²) in [5.41, 5.74) is 0.677. The van der Waals surface area contributed by atoms with E-state index in [0.717, 1.165) is 29.9 Å². The summed E-state index contributed by atoms with van der Waals surface area (Å²) in [7, 11) is 3.89. The first-order valence-corrected chi connectivity index (χ1v) is 7.80. The molecule has 0 spiro atoms. The average Bonchev–Trinajstić information content (AvgIpc) is 2.47. The summed E-state index contributed by atoms with van der Waals surface area (Å²) < 4.78 is 6.12. The minimum atomic E-state index is -0.0165. The first-order chi connectivity index (χ1) is 10.0. The third-order valence-electron chi connectivity index (χ3n) is 3.82. The first kappa shape index (κ1) is 21.2. The summed E-state index contributed by atoms with van der Waals surface area (Å²) in [5.74, 6) is 0.749. The van der Waals surface area contributed by atoms with Crippen LogP contribution in [0.1, 0.15) is 37.0 Å². The molecule has 0 aliphatic carbocycles. The molecule has 0 aromatic heterocycles. The van der Waals surface area contributed by atoms with E-state index in [9.17, 15) is 4.79 Å². The lowest BCUT2D eigenvalue weighted by Crippen LogP contribution is -3.00. The van der Waals surface area contributed by atoms with Crippen LogP contribution in [-0.4, -0.2) is 50.7 Å². The SMILES string of the molecule is CCC[N+](C)(CCC)CCNC(=O)c1ccc(OC)cc1.[I-]. The van der Waals surface area contributed by atoms with Crippen molar-refractivity contribution in [1.29, 1.82) is 0 Å². The second-order valence-electron chi connectivity index (χ2n) is 5.77. The fourth-order valence-corrected chi connectivity index (χ4v) is 2.70. The largest absolute Gasteiger partial charge is 1.00 e. The van der Waals surface area contributed by atoms with E-state index >= 15 is 0 Å². The highest BCUT2D eigenvalue weighted by Gasteiger charge is 2.19. The van der Waals surface area contributed by atoms with Crippen LogP contribution in [0, 0.1) is 0 Å². The average molecular weight is 420 g/mol. The second kappa shape index (κ2) is 10.8. The van der Waals surface area contributed by atoms with Gasteiger partial charge in [0.05, 0.1) is 40.3 Å². The Labute approximate surface area is 151 Å². The lowest BCUT2D eigenvalue weighted by Gasteiger charge is -2.34. The predicted molar refractivity (Wildman–Crippen MR) is 86.7 cm³/mol. The van der Waals surface area contributed by atoms with Crippen molar-refractivity contribution in [3.8, 4) is 5.75 Å². The molecule has 4 nitrogen and oxygen atoms in total. The number of carbonyl (C=O) groups is 1. The molecular formula is C17H29IN2O2. The molecule has 0 unspecified atom stereocenters. The number of amides is 1. The van der Waals surface area contributed by atoms with Crippen LogP contribution < -0.4 is 34.0 Å². The molecule has 0 atom stereocenters. The number of benzene rings is 1. The second-order valence-corrected chi connectivity index (χ2v) is 5.77. The van der Waals surface area contributed by atoms with Crippen molar-refractivity contribution in [2.75, 3.05) is 40.3 Å². The minimum absolute atomic E-state index is 0. The highest BCUT2D eigenvalue weighted by atomic mass is 127. The number of quaternary nitrogens is 1. The molecule has 0 bridgehead atoms. The Balaban J connectivity index is 0.00000441. The van der Waals surface area contributed by atoms with Crippen LogP contribution in [0.3, 0.4) is 0 Å². The van der Waals surface area contributed by atoms with Crippen molar-refractivity contribution in [2.45, 2.75) is 26.7 Å². The van der Waals surface area contributed by atoms with Crippen molar-refractivity contribution >= 4 is 5.91 Å². The first-order valence-electron chi connectivity index (χ1n) is 7.80. The molecular weight excluding hydrogens is 391 g/mol. The number of ether oxygens (including phenoxy) is 1. The lowest BCUT2D eigenvalue weighted by atomic mass is 10.2. The topological polar surface area (TPSA) is 38.3 Å². The molecule has 1 amide bonds. The van der Waals surface area contributed by atoms with E-state index in [1.54, 1.807) is 19.2 Å². The van der Waals surface area contributed by atoms with Gasteiger partial charge >= 0.3 is 0 Å². The highest BCUT2D eigenvalue weighted by molar-refractivity contribution is 5.94. The van der Waals surface area contributed by atoms with E-state index in [4.69, 9.17) is 4.74 Å². The molecule has 1 aromatic carbocycles. The van der Waals surface area contributed by atoms with E-state index in [1.165, 1.54) is 12.8 Å². The summed E-state index contributed by atoms with van der Waals surface area (Å²) in [5, 5.41) is 3.01. The number of hydrogen-bond donors (Lipinski definition) is 1.